The van der Waals surface area contributed by atoms with Crippen LogP contribution in [0, 0.1) is 0 Å². The fraction of sp³-hybridized carbons (Fsp3) is 0.333. The summed E-state index contributed by atoms with van der Waals surface area (Å²) in [5.41, 5.74) is 1.33. The summed E-state index contributed by atoms with van der Waals surface area (Å²) in [7, 11) is 0. The van der Waals surface area contributed by atoms with Gasteiger partial charge in [0.05, 0.1) is 11.8 Å². The van der Waals surface area contributed by atoms with Crippen LogP contribution in [0.1, 0.15) is 47.0 Å². The lowest BCUT2D eigenvalue weighted by atomic mass is 9.90. The maximum atomic E-state index is 12.7. The summed E-state index contributed by atoms with van der Waals surface area (Å²) in [6.07, 6.45) is 4.11. The van der Waals surface area contributed by atoms with Gasteiger partial charge in [-0.1, -0.05) is 17.3 Å². The molecule has 1 N–H and O–H groups in total. The van der Waals surface area contributed by atoms with Crippen LogP contribution in [-0.4, -0.2) is 45.1 Å². The van der Waals surface area contributed by atoms with Gasteiger partial charge in [-0.2, -0.15) is 4.98 Å². The first-order valence-corrected chi connectivity index (χ1v) is 9.57. The largest absolute Gasteiger partial charge is 0.478 e. The number of hydrogen-bond acceptors (Lipinski definition) is 6. The highest BCUT2D eigenvalue weighted by molar-refractivity contribution is 5.87. The Morgan fingerprint density at radius 3 is 2.76 bits per heavy atom. The van der Waals surface area contributed by atoms with Gasteiger partial charge in [-0.25, -0.2) is 4.79 Å². The number of furan rings is 1. The van der Waals surface area contributed by atoms with Crippen LogP contribution in [-0.2, 0) is 11.2 Å². The second kappa shape index (κ2) is 8.30. The lowest BCUT2D eigenvalue weighted by Crippen LogP contribution is -2.39. The molecule has 3 aromatic rings. The van der Waals surface area contributed by atoms with Crippen molar-refractivity contribution in [1.82, 2.24) is 15.0 Å². The SMILES string of the molecule is O=C(O)c1ccc([C@H]2CCCN(C(=O)CCc3nc(-c4ccco4)no3)C2)cc1. The molecule has 1 saturated heterocycles. The summed E-state index contributed by atoms with van der Waals surface area (Å²) in [6.45, 7) is 1.36. The number of rotatable bonds is 6. The number of carboxylic acid groups (broad SMARTS) is 1. The normalized spacial score (nSPS) is 16.7. The maximum absolute atomic E-state index is 12.7. The summed E-state index contributed by atoms with van der Waals surface area (Å²) in [5.74, 6) is 0.634. The number of carbonyl (C=O) groups excluding carboxylic acids is 1. The zero-order valence-electron chi connectivity index (χ0n) is 15.8. The van der Waals surface area contributed by atoms with Gasteiger partial charge in [0.15, 0.2) is 5.76 Å². The fourth-order valence-electron chi connectivity index (χ4n) is 3.61. The van der Waals surface area contributed by atoms with E-state index in [1.807, 2.05) is 17.0 Å². The van der Waals surface area contributed by atoms with Gasteiger partial charge in [-0.3, -0.25) is 4.79 Å². The molecule has 1 atom stereocenters. The summed E-state index contributed by atoms with van der Waals surface area (Å²) in [4.78, 5) is 29.8. The molecule has 8 heteroatoms. The molecule has 1 aliphatic heterocycles. The van der Waals surface area contributed by atoms with Crippen molar-refractivity contribution in [2.45, 2.75) is 31.6 Å². The maximum Gasteiger partial charge on any atom is 0.335 e. The Labute approximate surface area is 167 Å². The van der Waals surface area contributed by atoms with Crippen LogP contribution in [0.3, 0.4) is 0 Å². The predicted octanol–water partition coefficient (Wildman–Crippen LogP) is 3.37. The summed E-state index contributed by atoms with van der Waals surface area (Å²) >= 11 is 0. The van der Waals surface area contributed by atoms with E-state index < -0.39 is 5.97 Å². The van der Waals surface area contributed by atoms with Crippen molar-refractivity contribution in [3.8, 4) is 11.6 Å². The number of likely N-dealkylation sites (tertiary alicyclic amines) is 1. The van der Waals surface area contributed by atoms with Crippen molar-refractivity contribution in [2.24, 2.45) is 0 Å². The molecule has 29 heavy (non-hydrogen) atoms. The lowest BCUT2D eigenvalue weighted by molar-refractivity contribution is -0.132. The van der Waals surface area contributed by atoms with Crippen molar-refractivity contribution >= 4 is 11.9 Å². The first-order valence-electron chi connectivity index (χ1n) is 9.57. The molecule has 0 saturated carbocycles. The number of nitrogens with zero attached hydrogens (tertiary/aromatic N) is 3. The molecule has 4 rings (SSSR count). The van der Waals surface area contributed by atoms with Gasteiger partial charge in [-0.15, -0.1) is 0 Å². The van der Waals surface area contributed by atoms with E-state index in [2.05, 4.69) is 10.1 Å². The van der Waals surface area contributed by atoms with E-state index in [0.29, 0.717) is 36.9 Å². The fourth-order valence-corrected chi connectivity index (χ4v) is 3.61. The number of benzene rings is 1. The zero-order chi connectivity index (χ0) is 20.2. The Bertz CT molecular complexity index is 978. The second-order valence-electron chi connectivity index (χ2n) is 7.10. The molecule has 0 bridgehead atoms. The number of carboxylic acids is 1. The minimum absolute atomic E-state index is 0.0506. The minimum atomic E-state index is -0.937. The Morgan fingerprint density at radius 1 is 1.21 bits per heavy atom. The number of aryl methyl sites for hydroxylation is 1. The van der Waals surface area contributed by atoms with Crippen LogP contribution in [0.25, 0.3) is 11.6 Å². The molecule has 1 amide bonds. The predicted molar refractivity (Wildman–Crippen MR) is 102 cm³/mol. The molecule has 2 aromatic heterocycles. The summed E-state index contributed by atoms with van der Waals surface area (Å²) in [6, 6.07) is 10.4. The third kappa shape index (κ3) is 4.37. The van der Waals surface area contributed by atoms with Crippen LogP contribution in [0.15, 0.2) is 51.6 Å². The molecule has 0 aliphatic carbocycles. The minimum Gasteiger partial charge on any atom is -0.478 e. The van der Waals surface area contributed by atoms with E-state index >= 15 is 0 Å². The summed E-state index contributed by atoms with van der Waals surface area (Å²) < 4.78 is 10.4. The number of aromatic carboxylic acids is 1. The average molecular weight is 395 g/mol. The number of piperidine rings is 1. The molecule has 0 unspecified atom stereocenters. The van der Waals surface area contributed by atoms with Crippen LogP contribution in [0.5, 0.6) is 0 Å². The molecule has 1 aliphatic rings. The molecular weight excluding hydrogens is 374 g/mol. The molecular formula is C21H21N3O5. The molecule has 0 spiro atoms. The number of carbonyl (C=O) groups is 2. The van der Waals surface area contributed by atoms with E-state index in [0.717, 1.165) is 24.9 Å². The Kier molecular flexibility index (Phi) is 5.41. The van der Waals surface area contributed by atoms with Gasteiger partial charge in [0.25, 0.3) is 0 Å². The Morgan fingerprint density at radius 2 is 2.03 bits per heavy atom. The Balaban J connectivity index is 1.33. The van der Waals surface area contributed by atoms with E-state index in [-0.39, 0.29) is 17.4 Å². The number of hydrogen-bond donors (Lipinski definition) is 1. The monoisotopic (exact) mass is 395 g/mol. The highest BCUT2D eigenvalue weighted by Crippen LogP contribution is 2.27. The zero-order valence-corrected chi connectivity index (χ0v) is 15.8. The molecule has 150 valence electrons. The van der Waals surface area contributed by atoms with Crippen molar-refractivity contribution < 1.29 is 23.6 Å². The van der Waals surface area contributed by atoms with Gasteiger partial charge in [0, 0.05) is 31.8 Å². The molecule has 1 aromatic carbocycles. The van der Waals surface area contributed by atoms with Crippen LogP contribution in [0.4, 0.5) is 0 Å². The molecule has 1 fully saturated rings. The highest BCUT2D eigenvalue weighted by Gasteiger charge is 2.25. The quantitative estimate of drug-likeness (QED) is 0.681. The van der Waals surface area contributed by atoms with Crippen molar-refractivity contribution in [3.05, 3.63) is 59.7 Å². The first kappa shape index (κ1) is 18.9. The van der Waals surface area contributed by atoms with E-state index in [9.17, 15) is 9.59 Å². The van der Waals surface area contributed by atoms with Gasteiger partial charge < -0.3 is 18.9 Å². The standard InChI is InChI=1S/C21H21N3O5/c25-19(10-9-18-22-20(23-29-18)17-4-2-12-28-17)24-11-1-3-16(13-24)14-5-7-15(8-6-14)21(26)27/h2,4-8,12,16H,1,3,9-11,13H2,(H,26,27)/t16-/m0/s1. The number of amides is 1. The second-order valence-corrected chi connectivity index (χ2v) is 7.10. The van der Waals surface area contributed by atoms with Crippen molar-refractivity contribution in [1.29, 1.82) is 0 Å². The van der Waals surface area contributed by atoms with E-state index in [1.54, 1.807) is 24.3 Å². The number of aromatic nitrogens is 2. The highest BCUT2D eigenvalue weighted by atomic mass is 16.5. The third-order valence-corrected chi connectivity index (χ3v) is 5.17. The smallest absolute Gasteiger partial charge is 0.335 e. The topological polar surface area (TPSA) is 110 Å². The first-order chi connectivity index (χ1) is 14.1. The van der Waals surface area contributed by atoms with Gasteiger partial charge in [-0.05, 0) is 42.7 Å². The molecule has 8 nitrogen and oxygen atoms in total. The molecule has 3 heterocycles. The van der Waals surface area contributed by atoms with Crippen LogP contribution in [0.2, 0.25) is 0 Å². The molecule has 0 radical (unpaired) electrons. The van der Waals surface area contributed by atoms with Crippen LogP contribution < -0.4 is 0 Å². The van der Waals surface area contributed by atoms with E-state index in [4.69, 9.17) is 14.0 Å². The van der Waals surface area contributed by atoms with Gasteiger partial charge in [0.1, 0.15) is 0 Å². The van der Waals surface area contributed by atoms with Gasteiger partial charge in [0.2, 0.25) is 17.6 Å². The van der Waals surface area contributed by atoms with Crippen LogP contribution >= 0.6 is 0 Å². The van der Waals surface area contributed by atoms with Crippen molar-refractivity contribution in [2.75, 3.05) is 13.1 Å². The Hall–Kier alpha value is -3.42. The summed E-state index contributed by atoms with van der Waals surface area (Å²) in [5, 5.41) is 12.9. The lowest BCUT2D eigenvalue weighted by Gasteiger charge is -2.33. The van der Waals surface area contributed by atoms with E-state index in [1.165, 1.54) is 6.26 Å². The average Bonchev–Trinajstić information content (AvgIpc) is 3.44. The van der Waals surface area contributed by atoms with Gasteiger partial charge >= 0.3 is 5.97 Å². The van der Waals surface area contributed by atoms with Crippen molar-refractivity contribution in [3.63, 3.8) is 0 Å². The third-order valence-electron chi connectivity index (χ3n) is 5.17.